The first-order valence-corrected chi connectivity index (χ1v) is 6.45. The molecule has 0 saturated heterocycles. The summed E-state index contributed by atoms with van der Waals surface area (Å²) in [4.78, 5) is 12.6. The van der Waals surface area contributed by atoms with Crippen LogP contribution in [-0.2, 0) is 4.74 Å². The molecule has 1 heterocycles. The van der Waals surface area contributed by atoms with Gasteiger partial charge in [-0.05, 0) is 25.0 Å². The van der Waals surface area contributed by atoms with Crippen molar-refractivity contribution in [1.29, 1.82) is 0 Å². The zero-order valence-electron chi connectivity index (χ0n) is 9.23. The lowest BCUT2D eigenvalue weighted by atomic mass is 10.0. The van der Waals surface area contributed by atoms with Gasteiger partial charge in [0, 0.05) is 10.6 Å². The Labute approximate surface area is 99.6 Å². The third kappa shape index (κ3) is 2.50. The minimum absolute atomic E-state index is 0.0940. The Kier molecular flexibility index (Phi) is 3.72. The highest BCUT2D eigenvalue weighted by Gasteiger charge is 2.21. The van der Waals surface area contributed by atoms with E-state index in [4.69, 9.17) is 4.74 Å². The number of nitrogens with one attached hydrogen (secondary N) is 1. The predicted octanol–water partition coefficient (Wildman–Crippen LogP) is 2.97. The summed E-state index contributed by atoms with van der Waals surface area (Å²) >= 11 is 1.84. The molecule has 0 radical (unpaired) electrons. The molecule has 2 rings (SSSR count). The molecule has 16 heavy (non-hydrogen) atoms. The number of alkyl carbamates (subject to hydrolysis) is 1. The summed E-state index contributed by atoms with van der Waals surface area (Å²) in [5.41, 5.74) is 1.20. The van der Waals surface area contributed by atoms with Crippen molar-refractivity contribution in [2.24, 2.45) is 0 Å². The van der Waals surface area contributed by atoms with Crippen LogP contribution in [0.1, 0.15) is 24.9 Å². The van der Waals surface area contributed by atoms with E-state index < -0.39 is 0 Å². The van der Waals surface area contributed by atoms with E-state index in [0.717, 1.165) is 12.2 Å². The number of hydrogen-bond acceptors (Lipinski definition) is 3. The van der Waals surface area contributed by atoms with Crippen LogP contribution < -0.4 is 5.32 Å². The summed E-state index contributed by atoms with van der Waals surface area (Å²) < 4.78 is 4.90. The first-order chi connectivity index (χ1) is 7.81. The van der Waals surface area contributed by atoms with Crippen LogP contribution >= 0.6 is 11.8 Å². The molecule has 0 aromatic heterocycles. The molecule has 1 aromatic carbocycles. The van der Waals surface area contributed by atoms with Crippen molar-refractivity contribution < 1.29 is 9.53 Å². The quantitative estimate of drug-likeness (QED) is 0.859. The number of carbonyl (C=O) groups excluding carboxylic acids is 1. The van der Waals surface area contributed by atoms with E-state index in [1.54, 1.807) is 0 Å². The molecule has 4 heteroatoms. The predicted molar refractivity (Wildman–Crippen MR) is 64.7 cm³/mol. The molecule has 0 aliphatic carbocycles. The van der Waals surface area contributed by atoms with Crippen molar-refractivity contribution in [3.8, 4) is 0 Å². The van der Waals surface area contributed by atoms with Gasteiger partial charge >= 0.3 is 6.09 Å². The molecular weight excluding hydrogens is 222 g/mol. The molecule has 0 bridgehead atoms. The van der Waals surface area contributed by atoms with Crippen LogP contribution in [0.3, 0.4) is 0 Å². The lowest BCUT2D eigenvalue weighted by molar-refractivity contribution is 0.147. The smallest absolute Gasteiger partial charge is 0.407 e. The molecule has 0 spiro atoms. The summed E-state index contributed by atoms with van der Waals surface area (Å²) in [6, 6.07) is 8.29. The average Bonchev–Trinajstić information content (AvgIpc) is 2.30. The van der Waals surface area contributed by atoms with Gasteiger partial charge in [0.2, 0.25) is 0 Å². The molecule has 1 aromatic rings. The Morgan fingerprint density at radius 2 is 2.38 bits per heavy atom. The van der Waals surface area contributed by atoms with Gasteiger partial charge in [-0.3, -0.25) is 0 Å². The largest absolute Gasteiger partial charge is 0.450 e. The fraction of sp³-hybridized carbons (Fsp3) is 0.417. The van der Waals surface area contributed by atoms with Gasteiger partial charge in [-0.1, -0.05) is 18.2 Å². The first-order valence-electron chi connectivity index (χ1n) is 5.46. The average molecular weight is 237 g/mol. The van der Waals surface area contributed by atoms with Crippen molar-refractivity contribution in [3.63, 3.8) is 0 Å². The number of carbonyl (C=O) groups is 1. The highest BCUT2D eigenvalue weighted by molar-refractivity contribution is 7.99. The molecule has 86 valence electrons. The normalized spacial score (nSPS) is 18.7. The van der Waals surface area contributed by atoms with Gasteiger partial charge in [-0.15, -0.1) is 11.8 Å². The summed E-state index contributed by atoms with van der Waals surface area (Å²) in [6.45, 7) is 2.22. The summed E-state index contributed by atoms with van der Waals surface area (Å²) in [5, 5.41) is 2.90. The second-order valence-electron chi connectivity index (χ2n) is 3.59. The van der Waals surface area contributed by atoms with Crippen LogP contribution in [0.15, 0.2) is 29.2 Å². The molecule has 1 aliphatic heterocycles. The highest BCUT2D eigenvalue weighted by Crippen LogP contribution is 2.35. The number of hydrogen-bond donors (Lipinski definition) is 1. The second kappa shape index (κ2) is 5.25. The summed E-state index contributed by atoms with van der Waals surface area (Å²) in [6.07, 6.45) is 0.634. The number of amides is 1. The summed E-state index contributed by atoms with van der Waals surface area (Å²) in [7, 11) is 0. The number of ether oxygens (including phenoxy) is 1. The van der Waals surface area contributed by atoms with Crippen LogP contribution in [-0.4, -0.2) is 18.5 Å². The number of benzene rings is 1. The van der Waals surface area contributed by atoms with Crippen LogP contribution in [0.2, 0.25) is 0 Å². The Hall–Kier alpha value is -1.16. The van der Waals surface area contributed by atoms with E-state index in [-0.39, 0.29) is 12.1 Å². The maximum absolute atomic E-state index is 11.4. The van der Waals surface area contributed by atoms with Crippen molar-refractivity contribution in [2.75, 3.05) is 12.4 Å². The molecule has 1 unspecified atom stereocenters. The van der Waals surface area contributed by atoms with Crippen molar-refractivity contribution >= 4 is 17.9 Å². The van der Waals surface area contributed by atoms with Gasteiger partial charge in [0.25, 0.3) is 0 Å². The number of fused-ring (bicyclic) bond motifs is 1. The molecule has 1 atom stereocenters. The van der Waals surface area contributed by atoms with E-state index >= 15 is 0 Å². The van der Waals surface area contributed by atoms with E-state index in [9.17, 15) is 4.79 Å². The SMILES string of the molecule is CCOC(=O)NC1CCSc2ccccc21. The van der Waals surface area contributed by atoms with Crippen molar-refractivity contribution in [1.82, 2.24) is 5.32 Å². The van der Waals surface area contributed by atoms with E-state index in [0.29, 0.717) is 6.61 Å². The maximum Gasteiger partial charge on any atom is 0.407 e. The second-order valence-corrected chi connectivity index (χ2v) is 4.73. The molecule has 0 saturated carbocycles. The first kappa shape index (κ1) is 11.3. The molecule has 1 N–H and O–H groups in total. The van der Waals surface area contributed by atoms with Gasteiger partial charge in [-0.2, -0.15) is 0 Å². The number of thioether (sulfide) groups is 1. The van der Waals surface area contributed by atoms with Gasteiger partial charge in [0.1, 0.15) is 0 Å². The van der Waals surface area contributed by atoms with Crippen LogP contribution in [0.25, 0.3) is 0 Å². The van der Waals surface area contributed by atoms with Gasteiger partial charge < -0.3 is 10.1 Å². The van der Waals surface area contributed by atoms with Gasteiger partial charge in [0.05, 0.1) is 12.6 Å². The van der Waals surface area contributed by atoms with E-state index in [1.165, 1.54) is 10.5 Å². The van der Waals surface area contributed by atoms with Gasteiger partial charge in [0.15, 0.2) is 0 Å². The van der Waals surface area contributed by atoms with Gasteiger partial charge in [-0.25, -0.2) is 4.79 Å². The van der Waals surface area contributed by atoms with Crippen LogP contribution in [0.4, 0.5) is 4.79 Å². The minimum Gasteiger partial charge on any atom is -0.450 e. The minimum atomic E-state index is -0.325. The third-order valence-electron chi connectivity index (χ3n) is 2.53. The lowest BCUT2D eigenvalue weighted by Gasteiger charge is -2.25. The maximum atomic E-state index is 11.4. The fourth-order valence-electron chi connectivity index (χ4n) is 1.81. The zero-order chi connectivity index (χ0) is 11.4. The van der Waals surface area contributed by atoms with E-state index in [1.807, 2.05) is 30.8 Å². The van der Waals surface area contributed by atoms with Crippen molar-refractivity contribution in [2.45, 2.75) is 24.3 Å². The van der Waals surface area contributed by atoms with Crippen LogP contribution in [0.5, 0.6) is 0 Å². The van der Waals surface area contributed by atoms with Crippen molar-refractivity contribution in [3.05, 3.63) is 29.8 Å². The monoisotopic (exact) mass is 237 g/mol. The Morgan fingerprint density at radius 3 is 3.19 bits per heavy atom. The van der Waals surface area contributed by atoms with E-state index in [2.05, 4.69) is 17.4 Å². The van der Waals surface area contributed by atoms with Crippen LogP contribution in [0, 0.1) is 0 Å². The Balaban J connectivity index is 2.10. The molecule has 3 nitrogen and oxygen atoms in total. The Morgan fingerprint density at radius 1 is 1.56 bits per heavy atom. The standard InChI is InChI=1S/C12H15NO2S/c1-2-15-12(14)13-10-7-8-16-11-6-4-3-5-9(10)11/h3-6,10H,2,7-8H2,1H3,(H,13,14). The third-order valence-corrected chi connectivity index (χ3v) is 3.65. The zero-order valence-corrected chi connectivity index (χ0v) is 10.0. The summed E-state index contributed by atoms with van der Waals surface area (Å²) in [5.74, 6) is 1.04. The molecule has 0 fully saturated rings. The lowest BCUT2D eigenvalue weighted by Crippen LogP contribution is -2.31. The molecule has 1 amide bonds. The number of rotatable bonds is 2. The molecular formula is C12H15NO2S. The Bertz CT molecular complexity index is 381. The topological polar surface area (TPSA) is 38.3 Å². The fourth-order valence-corrected chi connectivity index (χ4v) is 2.93. The highest BCUT2D eigenvalue weighted by atomic mass is 32.2. The molecule has 1 aliphatic rings.